The molecule has 0 aromatic heterocycles. The van der Waals surface area contributed by atoms with Crippen LogP contribution in [0.25, 0.3) is 0 Å². The van der Waals surface area contributed by atoms with Gasteiger partial charge < -0.3 is 14.8 Å². The number of hydrogen-bond acceptors (Lipinski definition) is 3. The predicted molar refractivity (Wildman–Crippen MR) is 105 cm³/mol. The van der Waals surface area contributed by atoms with Crippen LogP contribution < -0.4 is 14.8 Å². The van der Waals surface area contributed by atoms with E-state index in [1.54, 1.807) is 12.1 Å². The van der Waals surface area contributed by atoms with Crippen molar-refractivity contribution in [1.29, 1.82) is 0 Å². The summed E-state index contributed by atoms with van der Waals surface area (Å²) in [5, 5.41) is 3.45. The van der Waals surface area contributed by atoms with Crippen molar-refractivity contribution in [3.63, 3.8) is 0 Å². The third-order valence-electron chi connectivity index (χ3n) is 4.40. The molecule has 0 saturated carbocycles. The van der Waals surface area contributed by atoms with Gasteiger partial charge in [0.15, 0.2) is 11.5 Å². The van der Waals surface area contributed by atoms with Crippen LogP contribution in [0.15, 0.2) is 36.4 Å². The van der Waals surface area contributed by atoms with E-state index < -0.39 is 0 Å². The number of nitrogens with one attached hydrogen (secondary N) is 1. The van der Waals surface area contributed by atoms with E-state index in [1.807, 2.05) is 0 Å². The maximum Gasteiger partial charge on any atom is 0.251 e. The number of rotatable bonds is 7. The summed E-state index contributed by atoms with van der Waals surface area (Å²) >= 11 is 6.22. The highest BCUT2D eigenvalue weighted by Gasteiger charge is 2.21. The van der Waals surface area contributed by atoms with Crippen molar-refractivity contribution in [2.75, 3.05) is 14.2 Å². The number of methoxy groups -OCH3 is 2. The molecule has 0 aliphatic heterocycles. The number of aryl methyl sites for hydroxylation is 1. The molecule has 1 amide bonds. The van der Waals surface area contributed by atoms with Crippen molar-refractivity contribution in [1.82, 2.24) is 5.32 Å². The van der Waals surface area contributed by atoms with Crippen LogP contribution in [0.2, 0.25) is 5.02 Å². The monoisotopic (exact) mass is 375 g/mol. The Balaban J connectivity index is 2.28. The summed E-state index contributed by atoms with van der Waals surface area (Å²) in [4.78, 5) is 12.8. The fourth-order valence-electron chi connectivity index (χ4n) is 2.87. The molecule has 1 atom stereocenters. The largest absolute Gasteiger partial charge is 0.493 e. The first kappa shape index (κ1) is 20.1. The minimum absolute atomic E-state index is 0.0970. The summed E-state index contributed by atoms with van der Waals surface area (Å²) in [5.74, 6) is 0.882. The summed E-state index contributed by atoms with van der Waals surface area (Å²) in [6, 6.07) is 11.5. The Morgan fingerprint density at radius 1 is 1.12 bits per heavy atom. The lowest BCUT2D eigenvalue weighted by molar-refractivity contribution is 0.0925. The molecule has 0 bridgehead atoms. The quantitative estimate of drug-likeness (QED) is 0.736. The summed E-state index contributed by atoms with van der Waals surface area (Å²) in [6.07, 6.45) is 0.989. The lowest BCUT2D eigenvalue weighted by Crippen LogP contribution is -2.31. The van der Waals surface area contributed by atoms with Gasteiger partial charge in [-0.15, -0.1) is 0 Å². The second kappa shape index (κ2) is 8.95. The van der Waals surface area contributed by atoms with Crippen LogP contribution in [0, 0.1) is 5.92 Å². The molecule has 4 nitrogen and oxygen atoms in total. The van der Waals surface area contributed by atoms with Gasteiger partial charge in [0.2, 0.25) is 0 Å². The van der Waals surface area contributed by atoms with Gasteiger partial charge in [-0.25, -0.2) is 0 Å². The molecule has 0 aliphatic carbocycles. The van der Waals surface area contributed by atoms with Crippen LogP contribution in [0.3, 0.4) is 0 Å². The van der Waals surface area contributed by atoms with Gasteiger partial charge in [-0.1, -0.05) is 56.6 Å². The zero-order valence-electron chi connectivity index (χ0n) is 15.9. The average molecular weight is 376 g/mol. The van der Waals surface area contributed by atoms with E-state index in [1.165, 1.54) is 19.8 Å². The van der Waals surface area contributed by atoms with Gasteiger partial charge in [-0.2, -0.15) is 0 Å². The highest BCUT2D eigenvalue weighted by Crippen LogP contribution is 2.36. The van der Waals surface area contributed by atoms with Gasteiger partial charge in [0.1, 0.15) is 0 Å². The molecule has 0 fully saturated rings. The van der Waals surface area contributed by atoms with Crippen molar-refractivity contribution in [3.05, 3.63) is 58.1 Å². The van der Waals surface area contributed by atoms with E-state index in [9.17, 15) is 4.79 Å². The zero-order valence-corrected chi connectivity index (χ0v) is 16.7. The minimum Gasteiger partial charge on any atom is -0.493 e. The van der Waals surface area contributed by atoms with Crippen molar-refractivity contribution in [3.8, 4) is 11.5 Å². The van der Waals surface area contributed by atoms with Gasteiger partial charge in [0, 0.05) is 5.56 Å². The van der Waals surface area contributed by atoms with Crippen LogP contribution in [-0.2, 0) is 6.42 Å². The zero-order chi connectivity index (χ0) is 19.3. The Bertz CT molecular complexity index is 757. The summed E-state index contributed by atoms with van der Waals surface area (Å²) in [7, 11) is 3.03. The smallest absolute Gasteiger partial charge is 0.251 e. The fraction of sp³-hybridized carbons (Fsp3) is 0.381. The van der Waals surface area contributed by atoms with E-state index >= 15 is 0 Å². The highest BCUT2D eigenvalue weighted by atomic mass is 35.5. The number of hydrogen-bond donors (Lipinski definition) is 1. The van der Waals surface area contributed by atoms with E-state index in [4.69, 9.17) is 21.1 Å². The van der Waals surface area contributed by atoms with Gasteiger partial charge in [-0.3, -0.25) is 4.79 Å². The molecule has 26 heavy (non-hydrogen) atoms. The van der Waals surface area contributed by atoms with Gasteiger partial charge in [0.25, 0.3) is 5.91 Å². The van der Waals surface area contributed by atoms with Crippen molar-refractivity contribution in [2.45, 2.75) is 33.2 Å². The molecule has 0 spiro atoms. The van der Waals surface area contributed by atoms with Gasteiger partial charge in [0.05, 0.1) is 25.3 Å². The summed E-state index contributed by atoms with van der Waals surface area (Å²) < 4.78 is 10.5. The Labute approximate surface area is 160 Å². The number of amides is 1. The van der Waals surface area contributed by atoms with E-state index in [0.717, 1.165) is 12.0 Å². The number of ether oxygens (including phenoxy) is 2. The van der Waals surface area contributed by atoms with Crippen molar-refractivity contribution in [2.24, 2.45) is 5.92 Å². The second-order valence-corrected chi connectivity index (χ2v) is 6.89. The van der Waals surface area contributed by atoms with Crippen molar-refractivity contribution < 1.29 is 14.3 Å². The fourth-order valence-corrected chi connectivity index (χ4v) is 3.16. The van der Waals surface area contributed by atoms with Crippen LogP contribution >= 0.6 is 11.6 Å². The van der Waals surface area contributed by atoms with Crippen LogP contribution in [0.5, 0.6) is 11.5 Å². The van der Waals surface area contributed by atoms with Gasteiger partial charge >= 0.3 is 0 Å². The van der Waals surface area contributed by atoms with E-state index in [0.29, 0.717) is 22.1 Å². The Kier molecular flexibility index (Phi) is 6.92. The molecule has 1 N–H and O–H groups in total. The molecule has 2 rings (SSSR count). The molecule has 2 aromatic carbocycles. The van der Waals surface area contributed by atoms with Crippen LogP contribution in [-0.4, -0.2) is 20.1 Å². The normalized spacial score (nSPS) is 12.0. The number of carbonyl (C=O) groups is 1. The standard InChI is InChI=1S/C21H26ClNO3/c1-6-14-7-9-15(10-8-14)19(13(2)3)23-21(24)16-11-17(22)20(26-5)18(12-16)25-4/h7-13,19H,6H2,1-5H3,(H,23,24)/t19-/m1/s1. The van der Waals surface area contributed by atoms with Crippen LogP contribution in [0.4, 0.5) is 0 Å². The SMILES string of the molecule is CCc1ccc([C@H](NC(=O)c2cc(Cl)c(OC)c(OC)c2)C(C)C)cc1. The van der Waals surface area contributed by atoms with Gasteiger partial charge in [-0.05, 0) is 35.6 Å². The molecule has 0 aliphatic rings. The van der Waals surface area contributed by atoms with Crippen LogP contribution in [0.1, 0.15) is 48.3 Å². The Morgan fingerprint density at radius 2 is 1.77 bits per heavy atom. The molecule has 0 radical (unpaired) electrons. The molecule has 0 saturated heterocycles. The molecule has 0 unspecified atom stereocenters. The molecule has 2 aromatic rings. The minimum atomic E-state index is -0.203. The maximum atomic E-state index is 12.8. The third kappa shape index (κ3) is 4.50. The number of halogens is 1. The summed E-state index contributed by atoms with van der Waals surface area (Å²) in [6.45, 7) is 6.29. The van der Waals surface area contributed by atoms with E-state index in [2.05, 4.69) is 50.4 Å². The predicted octanol–water partition coefficient (Wildman–Crippen LogP) is 5.05. The Morgan fingerprint density at radius 3 is 2.27 bits per heavy atom. The first-order valence-corrected chi connectivity index (χ1v) is 9.10. The van der Waals surface area contributed by atoms with Crippen molar-refractivity contribution >= 4 is 17.5 Å². The lowest BCUT2D eigenvalue weighted by atomic mass is 9.94. The molecule has 140 valence electrons. The topological polar surface area (TPSA) is 47.6 Å². The first-order valence-electron chi connectivity index (χ1n) is 8.72. The summed E-state index contributed by atoms with van der Waals surface area (Å²) in [5.41, 5.74) is 2.79. The first-order chi connectivity index (χ1) is 12.4. The maximum absolute atomic E-state index is 12.8. The average Bonchev–Trinajstić information content (AvgIpc) is 2.65. The molecule has 5 heteroatoms. The number of benzene rings is 2. The molecular formula is C21H26ClNO3. The Hall–Kier alpha value is -2.20. The molecular weight excluding hydrogens is 350 g/mol. The number of carbonyl (C=O) groups excluding carboxylic acids is 1. The lowest BCUT2D eigenvalue weighted by Gasteiger charge is -2.23. The highest BCUT2D eigenvalue weighted by molar-refractivity contribution is 6.32. The molecule has 0 heterocycles. The van der Waals surface area contributed by atoms with E-state index in [-0.39, 0.29) is 17.9 Å². The third-order valence-corrected chi connectivity index (χ3v) is 4.68. The second-order valence-electron chi connectivity index (χ2n) is 6.48.